The molecule has 0 bridgehead atoms. The molecule has 5 nitrogen and oxygen atoms in total. The van der Waals surface area contributed by atoms with Crippen molar-refractivity contribution >= 4 is 0 Å². The Labute approximate surface area is 74.3 Å². The van der Waals surface area contributed by atoms with Crippen molar-refractivity contribution in [3.05, 3.63) is 31.1 Å². The van der Waals surface area contributed by atoms with Crippen LogP contribution in [-0.4, -0.2) is 15.2 Å². The van der Waals surface area contributed by atoms with Crippen LogP contribution in [0.3, 0.4) is 0 Å². The van der Waals surface area contributed by atoms with Crippen LogP contribution < -0.4 is 9.13 Å². The smallest absolute Gasteiger partial charge is 0.251 e. The normalized spacial score (nSPS) is 12.3. The molecular formula is C8H7N5+2. The summed E-state index contributed by atoms with van der Waals surface area (Å²) in [6.07, 6.45) is 9.03. The Balaban J connectivity index is 2.32. The molecule has 0 atom stereocenters. The lowest BCUT2D eigenvalue weighted by Crippen LogP contribution is -2.45. The lowest BCUT2D eigenvalue weighted by molar-refractivity contribution is -0.878. The minimum Gasteiger partial charge on any atom is -0.251 e. The molecule has 0 aliphatic carbocycles. The van der Waals surface area contributed by atoms with Gasteiger partial charge in [0, 0.05) is 0 Å². The van der Waals surface area contributed by atoms with Gasteiger partial charge in [0.2, 0.25) is 5.69 Å². The topological polar surface area (TPSA) is 46.4 Å². The molecule has 13 heavy (non-hydrogen) atoms. The quantitative estimate of drug-likeness (QED) is 0.407. The molecule has 2 aromatic rings. The number of hydrogen-bond donors (Lipinski definition) is 0. The number of aromatic nitrogens is 5. The second-order valence-corrected chi connectivity index (χ2v) is 2.90. The van der Waals surface area contributed by atoms with Gasteiger partial charge in [-0.3, -0.25) is 4.98 Å². The van der Waals surface area contributed by atoms with Gasteiger partial charge in [0.1, 0.15) is 12.4 Å². The predicted octanol–water partition coefficient (Wildman–Crippen LogP) is -1.07. The van der Waals surface area contributed by atoms with E-state index in [1.807, 2.05) is 17.0 Å². The first-order chi connectivity index (χ1) is 6.45. The zero-order valence-corrected chi connectivity index (χ0v) is 6.83. The number of hydrogen-bond acceptors (Lipinski definition) is 3. The van der Waals surface area contributed by atoms with Gasteiger partial charge in [-0.1, -0.05) is 0 Å². The van der Waals surface area contributed by atoms with Crippen molar-refractivity contribution in [2.24, 2.45) is 0 Å². The molecule has 1 aliphatic heterocycles. The largest absolute Gasteiger partial charge is 0.320 e. The van der Waals surface area contributed by atoms with Gasteiger partial charge < -0.3 is 0 Å². The van der Waals surface area contributed by atoms with Gasteiger partial charge in [-0.2, -0.15) is 9.13 Å². The van der Waals surface area contributed by atoms with E-state index < -0.39 is 0 Å². The van der Waals surface area contributed by atoms with Crippen LogP contribution in [0.25, 0.3) is 11.4 Å². The van der Waals surface area contributed by atoms with Crippen molar-refractivity contribution in [3.8, 4) is 11.4 Å². The van der Waals surface area contributed by atoms with Gasteiger partial charge in [0.15, 0.2) is 6.20 Å². The third-order valence-corrected chi connectivity index (χ3v) is 2.15. The van der Waals surface area contributed by atoms with Crippen molar-refractivity contribution in [2.45, 2.75) is 6.67 Å². The second kappa shape index (κ2) is 2.29. The summed E-state index contributed by atoms with van der Waals surface area (Å²) in [5.41, 5.74) is 2.14. The summed E-state index contributed by atoms with van der Waals surface area (Å²) in [5, 5.41) is 7.66. The fourth-order valence-corrected chi connectivity index (χ4v) is 1.53. The highest BCUT2D eigenvalue weighted by molar-refractivity contribution is 5.43. The van der Waals surface area contributed by atoms with Gasteiger partial charge in [-0.15, -0.1) is 0 Å². The van der Waals surface area contributed by atoms with Crippen LogP contribution in [-0.2, 0) is 6.67 Å². The first kappa shape index (κ1) is 6.59. The fourth-order valence-electron chi connectivity index (χ4n) is 1.53. The van der Waals surface area contributed by atoms with E-state index in [1.54, 1.807) is 18.7 Å². The van der Waals surface area contributed by atoms with E-state index in [0.29, 0.717) is 0 Å². The molecule has 2 aromatic heterocycles. The van der Waals surface area contributed by atoms with Crippen molar-refractivity contribution in [1.29, 1.82) is 0 Å². The summed E-state index contributed by atoms with van der Waals surface area (Å²) >= 11 is 0. The summed E-state index contributed by atoms with van der Waals surface area (Å²) in [6, 6.07) is 0. The molecule has 0 radical (unpaired) electrons. The first-order valence-electron chi connectivity index (χ1n) is 3.99. The highest BCUT2D eigenvalue weighted by atomic mass is 15.3. The van der Waals surface area contributed by atoms with Crippen molar-refractivity contribution in [1.82, 2.24) is 15.2 Å². The minimum atomic E-state index is 0.794. The van der Waals surface area contributed by atoms with E-state index in [0.717, 1.165) is 18.1 Å². The standard InChI is InChI=1S/C8H7N5/c1-2-12-6-13-5-11-10-4-8(13)7(12)3-9-1/h1-5H,6H2/q+2. The maximum Gasteiger partial charge on any atom is 0.320 e. The van der Waals surface area contributed by atoms with Crippen LogP contribution >= 0.6 is 0 Å². The van der Waals surface area contributed by atoms with E-state index in [4.69, 9.17) is 0 Å². The third-order valence-electron chi connectivity index (χ3n) is 2.15. The van der Waals surface area contributed by atoms with Gasteiger partial charge in [0.25, 0.3) is 12.4 Å². The maximum atomic E-state index is 4.07. The lowest BCUT2D eigenvalue weighted by Gasteiger charge is -1.83. The van der Waals surface area contributed by atoms with Gasteiger partial charge in [0.05, 0.1) is 11.3 Å². The average molecular weight is 173 g/mol. The van der Waals surface area contributed by atoms with Crippen LogP contribution in [0.2, 0.25) is 0 Å². The molecule has 0 saturated carbocycles. The molecule has 62 valence electrons. The monoisotopic (exact) mass is 173 g/mol. The molecule has 0 fully saturated rings. The molecule has 0 N–H and O–H groups in total. The average Bonchev–Trinajstić information content (AvgIpc) is 2.56. The van der Waals surface area contributed by atoms with Gasteiger partial charge in [-0.05, 0) is 5.10 Å². The van der Waals surface area contributed by atoms with Crippen molar-refractivity contribution in [3.63, 3.8) is 0 Å². The Bertz CT molecular complexity index is 424. The summed E-state index contributed by atoms with van der Waals surface area (Å²) in [5.74, 6) is 0. The second-order valence-electron chi connectivity index (χ2n) is 2.90. The third kappa shape index (κ3) is 0.837. The van der Waals surface area contributed by atoms with Crippen LogP contribution in [0.1, 0.15) is 0 Å². The Morgan fingerprint density at radius 2 is 2.00 bits per heavy atom. The van der Waals surface area contributed by atoms with E-state index >= 15 is 0 Å². The Hall–Kier alpha value is -1.91. The summed E-state index contributed by atoms with van der Waals surface area (Å²) in [7, 11) is 0. The lowest BCUT2D eigenvalue weighted by atomic mass is 10.3. The molecule has 3 rings (SSSR count). The van der Waals surface area contributed by atoms with E-state index in [1.165, 1.54) is 0 Å². The SMILES string of the molecule is c1c[n+]2c(cn1)-c1cnnc[n+]1C2. The highest BCUT2D eigenvalue weighted by Gasteiger charge is 2.30. The molecular weight excluding hydrogens is 166 g/mol. The van der Waals surface area contributed by atoms with Crippen LogP contribution in [0.4, 0.5) is 0 Å². The summed E-state index contributed by atoms with van der Waals surface area (Å²) < 4.78 is 4.13. The Morgan fingerprint density at radius 1 is 1.08 bits per heavy atom. The maximum absolute atomic E-state index is 4.07. The molecule has 0 unspecified atom stereocenters. The Morgan fingerprint density at radius 3 is 3.00 bits per heavy atom. The van der Waals surface area contributed by atoms with Crippen LogP contribution in [0.5, 0.6) is 0 Å². The fraction of sp³-hybridized carbons (Fsp3) is 0.125. The molecule has 0 amide bonds. The van der Waals surface area contributed by atoms with Gasteiger partial charge >= 0.3 is 6.33 Å². The van der Waals surface area contributed by atoms with Crippen molar-refractivity contribution in [2.75, 3.05) is 0 Å². The van der Waals surface area contributed by atoms with E-state index in [-0.39, 0.29) is 0 Å². The molecule has 5 heteroatoms. The predicted molar refractivity (Wildman–Crippen MR) is 41.1 cm³/mol. The number of fused-ring (bicyclic) bond motifs is 3. The molecule has 0 saturated heterocycles. The molecule has 3 heterocycles. The van der Waals surface area contributed by atoms with Crippen molar-refractivity contribution < 1.29 is 9.13 Å². The van der Waals surface area contributed by atoms with E-state index in [2.05, 4.69) is 19.7 Å². The summed E-state index contributed by atoms with van der Waals surface area (Å²) in [4.78, 5) is 4.07. The highest BCUT2D eigenvalue weighted by Crippen LogP contribution is 2.09. The first-order valence-corrected chi connectivity index (χ1v) is 3.99. The molecule has 0 spiro atoms. The number of rotatable bonds is 0. The summed E-state index contributed by atoms with van der Waals surface area (Å²) in [6.45, 7) is 0.794. The zero-order chi connectivity index (χ0) is 8.67. The van der Waals surface area contributed by atoms with Crippen LogP contribution in [0.15, 0.2) is 31.1 Å². The molecule has 1 aliphatic rings. The van der Waals surface area contributed by atoms with Gasteiger partial charge in [-0.25, -0.2) is 0 Å². The van der Waals surface area contributed by atoms with E-state index in [9.17, 15) is 0 Å². The van der Waals surface area contributed by atoms with Crippen LogP contribution in [0, 0.1) is 0 Å². The Kier molecular flexibility index (Phi) is 1.16. The number of nitrogens with zero attached hydrogens (tertiary/aromatic N) is 5. The zero-order valence-electron chi connectivity index (χ0n) is 6.83. The molecule has 0 aromatic carbocycles. The minimum absolute atomic E-state index is 0.794.